The summed E-state index contributed by atoms with van der Waals surface area (Å²) < 4.78 is 87.9. The zero-order chi connectivity index (χ0) is 23.8. The molecule has 0 radical (unpaired) electrons. The van der Waals surface area contributed by atoms with Gasteiger partial charge < -0.3 is 14.6 Å². The number of carbonyl (C=O) groups excluding carboxylic acids is 1. The number of hydrogen-bond acceptors (Lipinski definition) is 4. The van der Waals surface area contributed by atoms with Gasteiger partial charge >= 0.3 is 6.18 Å². The lowest BCUT2D eigenvalue weighted by Gasteiger charge is -2.28. The first-order chi connectivity index (χ1) is 14.9. The molecule has 176 valence electrons. The standard InChI is InChI=1S/C20H23F4N3O4S/c1-4-11-10-31-18-16(32(29,30)26-15(11)5-2)9-27(3)17(18)19(28)25-12-6-7-14(21)13(8-12)20(22,23)24/h6-9,11,15,26H,4-5,10H2,1-3H3,(H,25,28)/t11-,15-/m0/s1. The molecule has 1 amide bonds. The molecule has 3 rings (SSSR count). The highest BCUT2D eigenvalue weighted by atomic mass is 32.2. The molecule has 0 aliphatic carbocycles. The average molecular weight is 477 g/mol. The number of carbonyl (C=O) groups is 1. The molecule has 0 unspecified atom stereocenters. The Balaban J connectivity index is 2.00. The minimum atomic E-state index is -4.95. The Hall–Kier alpha value is -2.60. The van der Waals surface area contributed by atoms with E-state index < -0.39 is 33.5 Å². The molecule has 0 bridgehead atoms. The number of hydrogen-bond donors (Lipinski definition) is 2. The van der Waals surface area contributed by atoms with E-state index in [9.17, 15) is 30.8 Å². The summed E-state index contributed by atoms with van der Waals surface area (Å²) in [6.45, 7) is 3.88. The van der Waals surface area contributed by atoms with Gasteiger partial charge in [0.25, 0.3) is 5.91 Å². The zero-order valence-electron chi connectivity index (χ0n) is 17.6. The van der Waals surface area contributed by atoms with Crippen LogP contribution in [0.15, 0.2) is 29.3 Å². The molecule has 0 fully saturated rings. The van der Waals surface area contributed by atoms with Gasteiger partial charge in [0, 0.05) is 30.9 Å². The second-order valence-corrected chi connectivity index (χ2v) is 9.23. The van der Waals surface area contributed by atoms with Crippen molar-refractivity contribution in [3.8, 4) is 5.75 Å². The molecule has 2 heterocycles. The van der Waals surface area contributed by atoms with Crippen LogP contribution in [0.3, 0.4) is 0 Å². The number of anilines is 1. The summed E-state index contributed by atoms with van der Waals surface area (Å²) in [7, 11) is -2.60. The maximum Gasteiger partial charge on any atom is 0.419 e. The second kappa shape index (κ2) is 8.74. The van der Waals surface area contributed by atoms with Crippen LogP contribution < -0.4 is 14.8 Å². The largest absolute Gasteiger partial charge is 0.489 e. The van der Waals surface area contributed by atoms with Gasteiger partial charge in [-0.2, -0.15) is 13.2 Å². The van der Waals surface area contributed by atoms with Gasteiger partial charge in [-0.1, -0.05) is 13.8 Å². The number of nitrogens with one attached hydrogen (secondary N) is 2. The lowest BCUT2D eigenvalue weighted by atomic mass is 9.96. The number of benzene rings is 1. The van der Waals surface area contributed by atoms with E-state index in [-0.39, 0.29) is 40.6 Å². The Morgan fingerprint density at radius 2 is 1.97 bits per heavy atom. The van der Waals surface area contributed by atoms with Crippen LogP contribution >= 0.6 is 0 Å². The number of fused-ring (bicyclic) bond motifs is 1. The smallest absolute Gasteiger partial charge is 0.419 e. The predicted octanol–water partition coefficient (Wildman–Crippen LogP) is 3.91. The Kier molecular flexibility index (Phi) is 6.57. The fourth-order valence-corrected chi connectivity index (χ4v) is 5.25. The molecule has 0 saturated heterocycles. The van der Waals surface area contributed by atoms with Crippen molar-refractivity contribution in [1.82, 2.24) is 9.29 Å². The molecule has 1 aromatic heterocycles. The highest BCUT2D eigenvalue weighted by Gasteiger charge is 2.37. The second-order valence-electron chi connectivity index (χ2n) is 7.54. The number of amides is 1. The average Bonchev–Trinajstić information content (AvgIpc) is 3.04. The number of halogens is 4. The van der Waals surface area contributed by atoms with E-state index in [0.717, 1.165) is 6.07 Å². The molecule has 0 saturated carbocycles. The molecule has 1 aromatic carbocycles. The van der Waals surface area contributed by atoms with Crippen molar-refractivity contribution in [3.05, 3.63) is 41.5 Å². The van der Waals surface area contributed by atoms with E-state index in [0.29, 0.717) is 25.0 Å². The zero-order valence-corrected chi connectivity index (χ0v) is 18.4. The monoisotopic (exact) mass is 477 g/mol. The first-order valence-corrected chi connectivity index (χ1v) is 11.4. The van der Waals surface area contributed by atoms with Gasteiger partial charge in [0.05, 0.1) is 12.2 Å². The summed E-state index contributed by atoms with van der Waals surface area (Å²) in [4.78, 5) is 12.7. The Morgan fingerprint density at radius 3 is 2.56 bits per heavy atom. The van der Waals surface area contributed by atoms with Crippen LogP contribution in [0.5, 0.6) is 5.75 Å². The van der Waals surface area contributed by atoms with Crippen LogP contribution in [0, 0.1) is 11.7 Å². The molecule has 2 aromatic rings. The van der Waals surface area contributed by atoms with Gasteiger partial charge in [0.2, 0.25) is 10.0 Å². The van der Waals surface area contributed by atoms with Gasteiger partial charge in [-0.3, -0.25) is 4.79 Å². The highest BCUT2D eigenvalue weighted by Crippen LogP contribution is 2.35. The maximum absolute atomic E-state index is 13.5. The predicted molar refractivity (Wildman–Crippen MR) is 108 cm³/mol. The maximum atomic E-state index is 13.5. The van der Waals surface area contributed by atoms with E-state index in [1.165, 1.54) is 17.8 Å². The molecule has 12 heteroatoms. The normalized spacial score (nSPS) is 20.6. The number of nitrogens with zero attached hydrogens (tertiary/aromatic N) is 1. The first-order valence-electron chi connectivity index (χ1n) is 9.91. The number of aromatic nitrogens is 1. The number of aryl methyl sites for hydroxylation is 1. The third kappa shape index (κ3) is 4.60. The number of rotatable bonds is 4. The fourth-order valence-electron chi connectivity index (χ4n) is 3.67. The summed E-state index contributed by atoms with van der Waals surface area (Å²) in [6.07, 6.45) is -2.57. The van der Waals surface area contributed by atoms with E-state index in [2.05, 4.69) is 10.0 Å². The van der Waals surface area contributed by atoms with Crippen molar-refractivity contribution in [2.45, 2.75) is 43.8 Å². The third-order valence-electron chi connectivity index (χ3n) is 5.42. The van der Waals surface area contributed by atoms with Crippen LogP contribution in [0.1, 0.15) is 42.7 Å². The van der Waals surface area contributed by atoms with Gasteiger partial charge in [0.1, 0.15) is 10.7 Å². The Morgan fingerprint density at radius 1 is 1.28 bits per heavy atom. The number of ether oxygens (including phenoxy) is 1. The van der Waals surface area contributed by atoms with Crippen LogP contribution in [0.2, 0.25) is 0 Å². The molecule has 2 atom stereocenters. The fraction of sp³-hybridized carbons (Fsp3) is 0.450. The van der Waals surface area contributed by atoms with E-state index in [1.54, 1.807) is 0 Å². The van der Waals surface area contributed by atoms with E-state index in [4.69, 9.17) is 4.74 Å². The van der Waals surface area contributed by atoms with Crippen molar-refractivity contribution in [3.63, 3.8) is 0 Å². The summed E-state index contributed by atoms with van der Waals surface area (Å²) in [5, 5.41) is 2.26. The number of sulfonamides is 1. The minimum Gasteiger partial charge on any atom is -0.489 e. The SMILES string of the molecule is CC[C@H]1COc2c(cn(C)c2C(=O)Nc2ccc(F)c(C(F)(F)F)c2)S(=O)(=O)N[C@H]1CC. The van der Waals surface area contributed by atoms with Crippen molar-refractivity contribution < 1.29 is 35.5 Å². The molecule has 32 heavy (non-hydrogen) atoms. The van der Waals surface area contributed by atoms with Gasteiger partial charge in [-0.25, -0.2) is 17.5 Å². The summed E-state index contributed by atoms with van der Waals surface area (Å²) >= 11 is 0. The lowest BCUT2D eigenvalue weighted by molar-refractivity contribution is -0.139. The van der Waals surface area contributed by atoms with E-state index in [1.807, 2.05) is 13.8 Å². The van der Waals surface area contributed by atoms with Crippen LogP contribution in [-0.4, -0.2) is 31.5 Å². The Bertz CT molecular complexity index is 1130. The van der Waals surface area contributed by atoms with Crippen molar-refractivity contribution in [1.29, 1.82) is 0 Å². The first kappa shape index (κ1) is 24.1. The van der Waals surface area contributed by atoms with Gasteiger partial charge in [-0.05, 0) is 31.0 Å². The van der Waals surface area contributed by atoms with Gasteiger partial charge in [0.15, 0.2) is 11.4 Å². The van der Waals surface area contributed by atoms with Crippen LogP contribution in [0.4, 0.5) is 23.2 Å². The highest BCUT2D eigenvalue weighted by molar-refractivity contribution is 7.89. The summed E-state index contributed by atoms with van der Waals surface area (Å²) in [5.74, 6) is -2.71. The van der Waals surface area contributed by atoms with E-state index >= 15 is 0 Å². The van der Waals surface area contributed by atoms with Gasteiger partial charge in [-0.15, -0.1) is 0 Å². The molecular formula is C20H23F4N3O4S. The summed E-state index contributed by atoms with van der Waals surface area (Å²) in [6, 6.07) is 1.69. The van der Waals surface area contributed by atoms with Crippen LogP contribution in [-0.2, 0) is 23.2 Å². The third-order valence-corrected chi connectivity index (χ3v) is 6.90. The molecule has 1 aliphatic heterocycles. The van der Waals surface area contributed by atoms with Crippen molar-refractivity contribution in [2.75, 3.05) is 11.9 Å². The van der Waals surface area contributed by atoms with Crippen molar-refractivity contribution >= 4 is 21.6 Å². The lowest BCUT2D eigenvalue weighted by Crippen LogP contribution is -2.43. The molecular weight excluding hydrogens is 454 g/mol. The topological polar surface area (TPSA) is 89.4 Å². The Labute approximate surface area is 182 Å². The minimum absolute atomic E-state index is 0.142. The van der Waals surface area contributed by atoms with Crippen LogP contribution in [0.25, 0.3) is 0 Å². The quantitative estimate of drug-likeness (QED) is 0.654. The van der Waals surface area contributed by atoms with Crippen molar-refractivity contribution in [2.24, 2.45) is 13.0 Å². The molecule has 2 N–H and O–H groups in total. The summed E-state index contributed by atoms with van der Waals surface area (Å²) in [5.41, 5.74) is -2.02. The molecule has 7 nitrogen and oxygen atoms in total. The number of alkyl halides is 3. The molecule has 0 spiro atoms. The molecule has 1 aliphatic rings.